The molecular weight excluding hydrogens is 354 g/mol. The molecule has 1 aromatic heterocycles. The van der Waals surface area contributed by atoms with E-state index in [9.17, 15) is 0 Å². The summed E-state index contributed by atoms with van der Waals surface area (Å²) in [7, 11) is 0. The van der Waals surface area contributed by atoms with Crippen LogP contribution in [0, 0.1) is 0 Å². The van der Waals surface area contributed by atoms with Gasteiger partial charge in [0.15, 0.2) is 0 Å². The first-order valence-corrected chi connectivity index (χ1v) is 8.02. The summed E-state index contributed by atoms with van der Waals surface area (Å²) in [4.78, 5) is 4.29. The second-order valence-electron chi connectivity index (χ2n) is 5.31. The quantitative estimate of drug-likeness (QED) is 0.724. The summed E-state index contributed by atoms with van der Waals surface area (Å²) in [5.74, 6) is 0.911. The number of nitrogens with two attached hydrogens (primary N) is 1. The lowest BCUT2D eigenvalue weighted by Gasteiger charge is -2.24. The standard InChI is InChI=1S/C17H14BrN5/c18-13-8-6-12(7-9-13)15-10-14(11-4-2-1-3-5-11)20-17-21-16(19)22-23(15)17/h1-10,15H,(H3,19,20,21,22). The first-order valence-electron chi connectivity index (χ1n) is 7.22. The van der Waals surface area contributed by atoms with Crippen LogP contribution in [0.2, 0.25) is 0 Å². The molecule has 23 heavy (non-hydrogen) atoms. The van der Waals surface area contributed by atoms with Crippen LogP contribution in [0.4, 0.5) is 11.9 Å². The van der Waals surface area contributed by atoms with Gasteiger partial charge in [0.2, 0.25) is 11.9 Å². The zero-order valence-corrected chi connectivity index (χ0v) is 13.7. The minimum atomic E-state index is -0.0562. The third-order valence-electron chi connectivity index (χ3n) is 3.78. The molecule has 0 radical (unpaired) electrons. The molecule has 0 saturated heterocycles. The Morgan fingerprint density at radius 1 is 1.04 bits per heavy atom. The van der Waals surface area contributed by atoms with Crippen molar-refractivity contribution in [2.45, 2.75) is 6.04 Å². The monoisotopic (exact) mass is 367 g/mol. The average molecular weight is 368 g/mol. The lowest BCUT2D eigenvalue weighted by molar-refractivity contribution is 0.614. The molecule has 5 nitrogen and oxygen atoms in total. The number of hydrogen-bond acceptors (Lipinski definition) is 4. The van der Waals surface area contributed by atoms with Crippen molar-refractivity contribution >= 4 is 33.5 Å². The van der Waals surface area contributed by atoms with Gasteiger partial charge in [-0.05, 0) is 29.3 Å². The van der Waals surface area contributed by atoms with Crippen molar-refractivity contribution in [3.05, 3.63) is 76.3 Å². The van der Waals surface area contributed by atoms with Gasteiger partial charge in [-0.1, -0.05) is 58.4 Å². The van der Waals surface area contributed by atoms with E-state index in [-0.39, 0.29) is 12.0 Å². The molecule has 114 valence electrons. The van der Waals surface area contributed by atoms with Crippen LogP contribution in [-0.4, -0.2) is 14.8 Å². The Kier molecular flexibility index (Phi) is 3.38. The van der Waals surface area contributed by atoms with E-state index in [1.54, 1.807) is 0 Å². The first kappa shape index (κ1) is 14.0. The van der Waals surface area contributed by atoms with E-state index in [2.05, 4.69) is 61.7 Å². The fraction of sp³-hybridized carbons (Fsp3) is 0.0588. The Hall–Kier alpha value is -2.60. The van der Waals surface area contributed by atoms with Crippen LogP contribution in [0.3, 0.4) is 0 Å². The third-order valence-corrected chi connectivity index (χ3v) is 4.31. The van der Waals surface area contributed by atoms with Crippen LogP contribution in [0.25, 0.3) is 5.70 Å². The number of benzene rings is 2. The molecule has 0 bridgehead atoms. The summed E-state index contributed by atoms with van der Waals surface area (Å²) in [5.41, 5.74) is 9.01. The van der Waals surface area contributed by atoms with E-state index in [0.29, 0.717) is 5.95 Å². The number of anilines is 2. The summed E-state index contributed by atoms with van der Waals surface area (Å²) in [6.45, 7) is 0. The number of halogens is 1. The largest absolute Gasteiger partial charge is 0.366 e. The highest BCUT2D eigenvalue weighted by atomic mass is 79.9. The maximum atomic E-state index is 5.79. The maximum Gasteiger partial charge on any atom is 0.241 e. The van der Waals surface area contributed by atoms with Crippen LogP contribution >= 0.6 is 15.9 Å². The van der Waals surface area contributed by atoms with Crippen molar-refractivity contribution < 1.29 is 0 Å². The van der Waals surface area contributed by atoms with Crippen molar-refractivity contribution in [1.29, 1.82) is 0 Å². The average Bonchev–Trinajstić information content (AvgIpc) is 2.96. The fourth-order valence-electron chi connectivity index (χ4n) is 2.69. The molecule has 0 aliphatic carbocycles. The molecule has 6 heteroatoms. The smallest absolute Gasteiger partial charge is 0.241 e. The molecule has 1 aliphatic heterocycles. The lowest BCUT2D eigenvalue weighted by Crippen LogP contribution is -2.20. The number of hydrogen-bond donors (Lipinski definition) is 2. The predicted octanol–water partition coefficient (Wildman–Crippen LogP) is 3.68. The van der Waals surface area contributed by atoms with Gasteiger partial charge >= 0.3 is 0 Å². The summed E-state index contributed by atoms with van der Waals surface area (Å²) >= 11 is 3.47. The first-order chi connectivity index (χ1) is 11.2. The Bertz CT molecular complexity index is 868. The van der Waals surface area contributed by atoms with E-state index in [0.717, 1.165) is 21.3 Å². The van der Waals surface area contributed by atoms with Gasteiger partial charge in [-0.15, -0.1) is 5.10 Å². The van der Waals surface area contributed by atoms with E-state index < -0.39 is 0 Å². The lowest BCUT2D eigenvalue weighted by atomic mass is 10.0. The van der Waals surface area contributed by atoms with Crippen molar-refractivity contribution in [3.63, 3.8) is 0 Å². The number of aromatic nitrogens is 3. The molecule has 1 aliphatic rings. The normalized spacial score (nSPS) is 16.4. The molecule has 0 spiro atoms. The summed E-state index contributed by atoms with van der Waals surface area (Å²) < 4.78 is 2.85. The van der Waals surface area contributed by atoms with Crippen LogP contribution < -0.4 is 11.1 Å². The van der Waals surface area contributed by atoms with Gasteiger partial charge in [-0.3, -0.25) is 0 Å². The van der Waals surface area contributed by atoms with E-state index in [1.165, 1.54) is 0 Å². The molecule has 1 unspecified atom stereocenters. The molecule has 3 N–H and O–H groups in total. The number of nitrogens with zero attached hydrogens (tertiary/aromatic N) is 3. The molecule has 0 saturated carbocycles. The SMILES string of the molecule is Nc1nc2n(n1)C(c1ccc(Br)cc1)C=C(c1ccccc1)N2. The van der Waals surface area contributed by atoms with Gasteiger partial charge in [-0.2, -0.15) is 4.98 Å². The Balaban J connectivity index is 1.83. The maximum absolute atomic E-state index is 5.79. The molecular formula is C17H14BrN5. The van der Waals surface area contributed by atoms with Gasteiger partial charge in [0.1, 0.15) is 6.04 Å². The number of fused-ring (bicyclic) bond motifs is 1. The summed E-state index contributed by atoms with van der Waals surface area (Å²) in [6, 6.07) is 18.3. The number of nitrogens with one attached hydrogen (secondary N) is 1. The number of rotatable bonds is 2. The minimum absolute atomic E-state index is 0.0562. The van der Waals surface area contributed by atoms with E-state index >= 15 is 0 Å². The molecule has 4 rings (SSSR count). The molecule has 2 aromatic carbocycles. The zero-order chi connectivity index (χ0) is 15.8. The topological polar surface area (TPSA) is 68.8 Å². The van der Waals surface area contributed by atoms with Gasteiger partial charge in [0, 0.05) is 10.2 Å². The summed E-state index contributed by atoms with van der Waals surface area (Å²) in [5, 5.41) is 7.63. The van der Waals surface area contributed by atoms with E-state index in [1.807, 2.05) is 35.0 Å². The van der Waals surface area contributed by atoms with Gasteiger partial charge in [-0.25, -0.2) is 4.68 Å². The molecule has 0 fully saturated rings. The second kappa shape index (κ2) is 5.55. The van der Waals surface area contributed by atoms with E-state index in [4.69, 9.17) is 5.73 Å². The minimum Gasteiger partial charge on any atom is -0.366 e. The van der Waals surface area contributed by atoms with Gasteiger partial charge in [0.05, 0.1) is 0 Å². The highest BCUT2D eigenvalue weighted by Crippen LogP contribution is 2.33. The molecule has 2 heterocycles. The van der Waals surface area contributed by atoms with Crippen molar-refractivity contribution in [2.24, 2.45) is 0 Å². The summed E-state index contributed by atoms with van der Waals surface area (Å²) in [6.07, 6.45) is 2.14. The Labute approximate surface area is 142 Å². The van der Waals surface area contributed by atoms with Crippen LogP contribution in [0.5, 0.6) is 0 Å². The van der Waals surface area contributed by atoms with Crippen molar-refractivity contribution in [1.82, 2.24) is 14.8 Å². The molecule has 0 amide bonds. The molecule has 1 atom stereocenters. The van der Waals surface area contributed by atoms with Gasteiger partial charge < -0.3 is 11.1 Å². The highest BCUT2D eigenvalue weighted by Gasteiger charge is 2.24. The fourth-order valence-corrected chi connectivity index (χ4v) is 2.96. The molecule has 3 aromatic rings. The van der Waals surface area contributed by atoms with Gasteiger partial charge in [0.25, 0.3) is 0 Å². The Morgan fingerprint density at radius 2 is 1.78 bits per heavy atom. The number of allylic oxidation sites excluding steroid dienone is 1. The number of nitrogen functional groups attached to an aromatic ring is 1. The highest BCUT2D eigenvalue weighted by molar-refractivity contribution is 9.10. The Morgan fingerprint density at radius 3 is 2.52 bits per heavy atom. The third kappa shape index (κ3) is 2.61. The zero-order valence-electron chi connectivity index (χ0n) is 12.1. The second-order valence-corrected chi connectivity index (χ2v) is 6.22. The van der Waals surface area contributed by atoms with Crippen molar-refractivity contribution in [3.8, 4) is 0 Å². The predicted molar refractivity (Wildman–Crippen MR) is 94.8 cm³/mol. The van der Waals surface area contributed by atoms with Crippen molar-refractivity contribution in [2.75, 3.05) is 11.1 Å². The van der Waals surface area contributed by atoms with Crippen LogP contribution in [-0.2, 0) is 0 Å². The van der Waals surface area contributed by atoms with Crippen LogP contribution in [0.15, 0.2) is 65.1 Å². The van der Waals surface area contributed by atoms with Crippen LogP contribution in [0.1, 0.15) is 17.2 Å².